The van der Waals surface area contributed by atoms with Gasteiger partial charge in [0.05, 0.1) is 18.8 Å². The zero-order valence-corrected chi connectivity index (χ0v) is 11.7. The molecule has 1 amide bonds. The molecular formula is C13H17N5O3. The fourth-order valence-electron chi connectivity index (χ4n) is 1.85. The molecule has 0 saturated heterocycles. The summed E-state index contributed by atoms with van der Waals surface area (Å²) < 4.78 is 3.08. The minimum Gasteiger partial charge on any atom is -0.477 e. The number of aryl methyl sites for hydroxylation is 2. The van der Waals surface area contributed by atoms with E-state index in [0.29, 0.717) is 6.54 Å². The van der Waals surface area contributed by atoms with E-state index in [1.165, 1.54) is 16.9 Å². The zero-order valence-electron chi connectivity index (χ0n) is 11.7. The van der Waals surface area contributed by atoms with Crippen LogP contribution in [-0.2, 0) is 24.4 Å². The van der Waals surface area contributed by atoms with E-state index in [-0.39, 0.29) is 24.6 Å². The van der Waals surface area contributed by atoms with Crippen LogP contribution in [0.4, 0.5) is 0 Å². The van der Waals surface area contributed by atoms with Crippen LogP contribution in [0.15, 0.2) is 24.5 Å². The number of rotatable bonds is 7. The van der Waals surface area contributed by atoms with Gasteiger partial charge in [-0.05, 0) is 19.1 Å². The van der Waals surface area contributed by atoms with Crippen molar-refractivity contribution >= 4 is 11.9 Å². The highest BCUT2D eigenvalue weighted by Gasteiger charge is 2.11. The molecule has 2 heterocycles. The van der Waals surface area contributed by atoms with Crippen molar-refractivity contribution in [2.75, 3.05) is 0 Å². The topological polar surface area (TPSA) is 102 Å². The fraction of sp³-hybridized carbons (Fsp3) is 0.385. The van der Waals surface area contributed by atoms with Crippen LogP contribution in [0.1, 0.15) is 29.5 Å². The quantitative estimate of drug-likeness (QED) is 0.773. The van der Waals surface area contributed by atoms with Gasteiger partial charge >= 0.3 is 5.97 Å². The van der Waals surface area contributed by atoms with Crippen LogP contribution in [0.5, 0.6) is 0 Å². The van der Waals surface area contributed by atoms with Gasteiger partial charge in [0.15, 0.2) is 0 Å². The Kier molecular flexibility index (Phi) is 4.70. The van der Waals surface area contributed by atoms with E-state index in [0.717, 1.165) is 12.2 Å². The first-order chi connectivity index (χ1) is 10.1. The number of nitrogens with zero attached hydrogens (tertiary/aromatic N) is 4. The third-order valence-electron chi connectivity index (χ3n) is 2.97. The van der Waals surface area contributed by atoms with Crippen LogP contribution >= 0.6 is 0 Å². The monoisotopic (exact) mass is 291 g/mol. The summed E-state index contributed by atoms with van der Waals surface area (Å²) >= 11 is 0. The Morgan fingerprint density at radius 2 is 2.19 bits per heavy atom. The summed E-state index contributed by atoms with van der Waals surface area (Å²) in [5.74, 6) is -1.23. The molecule has 0 unspecified atom stereocenters. The molecule has 8 heteroatoms. The number of hydrogen-bond acceptors (Lipinski definition) is 4. The highest BCUT2D eigenvalue weighted by atomic mass is 16.4. The summed E-state index contributed by atoms with van der Waals surface area (Å²) in [6.45, 7) is 3.35. The SMILES string of the molecule is CCn1ccc(CNC(=O)CCn2nccc2C(=O)O)n1. The molecule has 0 aliphatic rings. The van der Waals surface area contributed by atoms with Gasteiger partial charge in [-0.1, -0.05) is 0 Å². The second kappa shape index (κ2) is 6.69. The molecule has 0 atom stereocenters. The maximum atomic E-state index is 11.7. The Morgan fingerprint density at radius 3 is 2.86 bits per heavy atom. The Balaban J connectivity index is 1.79. The first-order valence-corrected chi connectivity index (χ1v) is 6.64. The van der Waals surface area contributed by atoms with Gasteiger partial charge < -0.3 is 10.4 Å². The van der Waals surface area contributed by atoms with Gasteiger partial charge in [-0.2, -0.15) is 10.2 Å². The third-order valence-corrected chi connectivity index (χ3v) is 2.97. The predicted molar refractivity (Wildman–Crippen MR) is 73.6 cm³/mol. The Hall–Kier alpha value is -2.64. The normalized spacial score (nSPS) is 10.5. The van der Waals surface area contributed by atoms with Crippen molar-refractivity contribution in [3.05, 3.63) is 35.9 Å². The van der Waals surface area contributed by atoms with Crippen LogP contribution in [0.3, 0.4) is 0 Å². The fourth-order valence-corrected chi connectivity index (χ4v) is 1.85. The molecule has 0 aliphatic heterocycles. The molecular weight excluding hydrogens is 274 g/mol. The van der Waals surface area contributed by atoms with Crippen molar-refractivity contribution in [1.82, 2.24) is 24.9 Å². The predicted octanol–water partition coefficient (Wildman–Crippen LogP) is 0.504. The molecule has 112 valence electrons. The van der Waals surface area contributed by atoms with Crippen molar-refractivity contribution in [3.63, 3.8) is 0 Å². The minimum atomic E-state index is -1.06. The van der Waals surface area contributed by atoms with Gasteiger partial charge in [0.1, 0.15) is 5.69 Å². The Morgan fingerprint density at radius 1 is 1.38 bits per heavy atom. The lowest BCUT2D eigenvalue weighted by Crippen LogP contribution is -2.25. The van der Waals surface area contributed by atoms with Crippen LogP contribution in [0.25, 0.3) is 0 Å². The van der Waals surface area contributed by atoms with Gasteiger partial charge in [-0.15, -0.1) is 0 Å². The number of aromatic nitrogens is 4. The van der Waals surface area contributed by atoms with Crippen molar-refractivity contribution in [3.8, 4) is 0 Å². The number of hydrogen-bond donors (Lipinski definition) is 2. The maximum Gasteiger partial charge on any atom is 0.354 e. The average Bonchev–Trinajstić information content (AvgIpc) is 3.11. The van der Waals surface area contributed by atoms with E-state index < -0.39 is 5.97 Å². The molecule has 21 heavy (non-hydrogen) atoms. The van der Waals surface area contributed by atoms with Crippen molar-refractivity contribution < 1.29 is 14.7 Å². The van der Waals surface area contributed by atoms with Gasteiger partial charge in [-0.25, -0.2) is 4.79 Å². The summed E-state index contributed by atoms with van der Waals surface area (Å²) in [5, 5.41) is 19.8. The van der Waals surface area contributed by atoms with Gasteiger partial charge in [0.2, 0.25) is 5.91 Å². The molecule has 2 aromatic rings. The summed E-state index contributed by atoms with van der Waals surface area (Å²) in [6, 6.07) is 3.25. The number of carbonyl (C=O) groups excluding carboxylic acids is 1. The van der Waals surface area contributed by atoms with E-state index in [1.54, 1.807) is 4.68 Å². The maximum absolute atomic E-state index is 11.7. The lowest BCUT2D eigenvalue weighted by Gasteiger charge is -2.05. The van der Waals surface area contributed by atoms with Crippen molar-refractivity contribution in [2.24, 2.45) is 0 Å². The zero-order chi connectivity index (χ0) is 15.2. The smallest absolute Gasteiger partial charge is 0.354 e. The molecule has 0 radical (unpaired) electrons. The lowest BCUT2D eigenvalue weighted by atomic mass is 10.3. The van der Waals surface area contributed by atoms with Crippen molar-refractivity contribution in [1.29, 1.82) is 0 Å². The number of amides is 1. The number of carbonyl (C=O) groups is 2. The molecule has 2 rings (SSSR count). The second-order valence-electron chi connectivity index (χ2n) is 4.43. The van der Waals surface area contributed by atoms with Gasteiger partial charge in [-0.3, -0.25) is 14.2 Å². The standard InChI is InChI=1S/C13H17N5O3/c1-2-17-7-4-10(16-17)9-14-12(19)5-8-18-11(13(20)21)3-6-15-18/h3-4,6-7H,2,5,8-9H2,1H3,(H,14,19)(H,20,21). The Labute approximate surface area is 121 Å². The number of nitrogens with one attached hydrogen (secondary N) is 1. The van der Waals surface area contributed by atoms with Crippen LogP contribution in [0.2, 0.25) is 0 Å². The molecule has 8 nitrogen and oxygen atoms in total. The van der Waals surface area contributed by atoms with E-state index in [4.69, 9.17) is 5.11 Å². The van der Waals surface area contributed by atoms with E-state index in [9.17, 15) is 9.59 Å². The number of carboxylic acid groups (broad SMARTS) is 1. The molecule has 0 aromatic carbocycles. The summed E-state index contributed by atoms with van der Waals surface area (Å²) in [6.07, 6.45) is 3.42. The van der Waals surface area contributed by atoms with Gasteiger partial charge in [0, 0.05) is 25.4 Å². The summed E-state index contributed by atoms with van der Waals surface area (Å²) in [7, 11) is 0. The lowest BCUT2D eigenvalue weighted by molar-refractivity contribution is -0.121. The van der Waals surface area contributed by atoms with Crippen LogP contribution < -0.4 is 5.32 Å². The molecule has 0 aliphatic carbocycles. The molecule has 2 N–H and O–H groups in total. The number of carboxylic acids is 1. The molecule has 0 saturated carbocycles. The van der Waals surface area contributed by atoms with Gasteiger partial charge in [0.25, 0.3) is 0 Å². The first-order valence-electron chi connectivity index (χ1n) is 6.64. The largest absolute Gasteiger partial charge is 0.477 e. The summed E-state index contributed by atoms with van der Waals surface area (Å²) in [4.78, 5) is 22.6. The average molecular weight is 291 g/mol. The molecule has 0 bridgehead atoms. The van der Waals surface area contributed by atoms with Crippen LogP contribution in [-0.4, -0.2) is 36.5 Å². The molecule has 2 aromatic heterocycles. The first kappa shape index (κ1) is 14.8. The highest BCUT2D eigenvalue weighted by molar-refractivity contribution is 5.85. The Bertz CT molecular complexity index is 631. The highest BCUT2D eigenvalue weighted by Crippen LogP contribution is 2.01. The third kappa shape index (κ3) is 3.91. The second-order valence-corrected chi connectivity index (χ2v) is 4.43. The minimum absolute atomic E-state index is 0.0736. The van der Waals surface area contributed by atoms with E-state index in [1.807, 2.05) is 19.2 Å². The molecule has 0 spiro atoms. The van der Waals surface area contributed by atoms with Crippen molar-refractivity contribution in [2.45, 2.75) is 33.0 Å². The van der Waals surface area contributed by atoms with E-state index >= 15 is 0 Å². The van der Waals surface area contributed by atoms with Crippen LogP contribution in [0, 0.1) is 0 Å². The van der Waals surface area contributed by atoms with E-state index in [2.05, 4.69) is 15.5 Å². The number of aromatic carboxylic acids is 1. The summed E-state index contributed by atoms with van der Waals surface area (Å²) in [5.41, 5.74) is 0.861. The molecule has 0 fully saturated rings.